The normalized spacial score (nSPS) is 14.5. The summed E-state index contributed by atoms with van der Waals surface area (Å²) in [6.45, 7) is 3.99. The second-order valence-corrected chi connectivity index (χ2v) is 4.58. The highest BCUT2D eigenvalue weighted by atomic mass is 16.5. The molecule has 94 valence electrons. The molecule has 0 aliphatic heterocycles. The molecule has 0 saturated heterocycles. The Labute approximate surface area is 103 Å². The summed E-state index contributed by atoms with van der Waals surface area (Å²) >= 11 is 0. The number of nitrogens with zero attached hydrogens (tertiary/aromatic N) is 1. The van der Waals surface area contributed by atoms with Gasteiger partial charge in [-0.05, 0) is 39.6 Å². The lowest BCUT2D eigenvalue weighted by Gasteiger charge is -2.34. The quantitative estimate of drug-likeness (QED) is 0.735. The summed E-state index contributed by atoms with van der Waals surface area (Å²) in [5.74, 6) is 0.844. The molecule has 1 aromatic rings. The summed E-state index contributed by atoms with van der Waals surface area (Å²) in [6, 6.07) is 7.32. The van der Waals surface area contributed by atoms with Gasteiger partial charge in [0.15, 0.2) is 5.78 Å². The zero-order valence-electron chi connectivity index (χ0n) is 11.3. The van der Waals surface area contributed by atoms with Crippen molar-refractivity contribution in [2.24, 2.45) is 0 Å². The largest absolute Gasteiger partial charge is 0.497 e. The Morgan fingerprint density at radius 1 is 1.41 bits per heavy atom. The van der Waals surface area contributed by atoms with Gasteiger partial charge >= 0.3 is 0 Å². The number of ketones is 1. The zero-order valence-corrected chi connectivity index (χ0v) is 11.3. The van der Waals surface area contributed by atoms with Crippen LogP contribution in [-0.4, -0.2) is 37.4 Å². The molecule has 0 aliphatic rings. The minimum absolute atomic E-state index is 0.129. The summed E-state index contributed by atoms with van der Waals surface area (Å²) in [7, 11) is 5.47. The Morgan fingerprint density at radius 2 is 2.06 bits per heavy atom. The number of likely N-dealkylation sites (N-methyl/N-ethyl adjacent to an activating group) is 1. The fourth-order valence-electron chi connectivity index (χ4n) is 1.76. The maximum absolute atomic E-state index is 12.5. The van der Waals surface area contributed by atoms with Gasteiger partial charge in [-0.3, -0.25) is 9.69 Å². The summed E-state index contributed by atoms with van der Waals surface area (Å²) in [4.78, 5) is 14.5. The molecule has 0 aliphatic carbocycles. The molecule has 0 N–H and O–H groups in total. The monoisotopic (exact) mass is 235 g/mol. The molecule has 1 unspecified atom stereocenters. The molecule has 0 aromatic heterocycles. The summed E-state index contributed by atoms with van der Waals surface area (Å²) in [5, 5.41) is 0. The van der Waals surface area contributed by atoms with Crippen molar-refractivity contribution in [1.82, 2.24) is 4.90 Å². The van der Waals surface area contributed by atoms with Crippen molar-refractivity contribution < 1.29 is 9.53 Å². The van der Waals surface area contributed by atoms with Gasteiger partial charge in [0.2, 0.25) is 0 Å². The second kappa shape index (κ2) is 5.32. The van der Waals surface area contributed by atoms with Crippen LogP contribution in [0.25, 0.3) is 0 Å². The minimum Gasteiger partial charge on any atom is -0.497 e. The van der Waals surface area contributed by atoms with Gasteiger partial charge in [0, 0.05) is 5.56 Å². The van der Waals surface area contributed by atoms with E-state index < -0.39 is 5.54 Å². The Bertz CT molecular complexity index is 401. The van der Waals surface area contributed by atoms with Crippen LogP contribution in [0.1, 0.15) is 30.6 Å². The van der Waals surface area contributed by atoms with E-state index in [0.717, 1.165) is 6.42 Å². The fourth-order valence-corrected chi connectivity index (χ4v) is 1.76. The van der Waals surface area contributed by atoms with Gasteiger partial charge in [-0.1, -0.05) is 19.1 Å². The van der Waals surface area contributed by atoms with Gasteiger partial charge in [-0.2, -0.15) is 0 Å². The van der Waals surface area contributed by atoms with Crippen LogP contribution in [0.4, 0.5) is 0 Å². The molecule has 0 heterocycles. The molecule has 0 radical (unpaired) electrons. The van der Waals surface area contributed by atoms with Gasteiger partial charge < -0.3 is 4.74 Å². The molecule has 17 heavy (non-hydrogen) atoms. The molecular weight excluding hydrogens is 214 g/mol. The molecular formula is C14H21NO2. The Kier molecular flexibility index (Phi) is 4.29. The standard InChI is InChI=1S/C14H21NO2/c1-6-14(2,15(3)4)13(16)11-8-7-9-12(10-11)17-5/h7-10H,6H2,1-5H3. The highest BCUT2D eigenvalue weighted by molar-refractivity contribution is 6.03. The first-order valence-electron chi connectivity index (χ1n) is 5.82. The number of rotatable bonds is 5. The van der Waals surface area contributed by atoms with Crippen molar-refractivity contribution in [1.29, 1.82) is 0 Å². The summed E-state index contributed by atoms with van der Waals surface area (Å²) < 4.78 is 5.15. The first-order chi connectivity index (χ1) is 7.95. The van der Waals surface area contributed by atoms with E-state index in [1.54, 1.807) is 13.2 Å². The summed E-state index contributed by atoms with van der Waals surface area (Å²) in [5.41, 5.74) is 0.231. The smallest absolute Gasteiger partial charge is 0.182 e. The van der Waals surface area contributed by atoms with Crippen molar-refractivity contribution in [3.8, 4) is 5.75 Å². The topological polar surface area (TPSA) is 29.5 Å². The average molecular weight is 235 g/mol. The SMILES string of the molecule is CCC(C)(C(=O)c1cccc(OC)c1)N(C)C. The first-order valence-corrected chi connectivity index (χ1v) is 5.82. The zero-order chi connectivity index (χ0) is 13.1. The van der Waals surface area contributed by atoms with Crippen molar-refractivity contribution in [3.63, 3.8) is 0 Å². The average Bonchev–Trinajstić information content (AvgIpc) is 2.36. The van der Waals surface area contributed by atoms with Crippen LogP contribution in [0.15, 0.2) is 24.3 Å². The van der Waals surface area contributed by atoms with E-state index in [9.17, 15) is 4.79 Å². The second-order valence-electron chi connectivity index (χ2n) is 4.58. The molecule has 0 bridgehead atoms. The Hall–Kier alpha value is -1.35. The van der Waals surface area contributed by atoms with Crippen molar-refractivity contribution >= 4 is 5.78 Å². The number of carbonyl (C=O) groups excluding carboxylic acids is 1. The third-order valence-corrected chi connectivity index (χ3v) is 3.50. The van der Waals surface area contributed by atoms with Gasteiger partial charge in [0.25, 0.3) is 0 Å². The molecule has 3 nitrogen and oxygen atoms in total. The molecule has 0 spiro atoms. The molecule has 0 fully saturated rings. The van der Waals surface area contributed by atoms with E-state index in [0.29, 0.717) is 11.3 Å². The lowest BCUT2D eigenvalue weighted by molar-refractivity contribution is 0.0710. The van der Waals surface area contributed by atoms with E-state index in [-0.39, 0.29) is 5.78 Å². The highest BCUT2D eigenvalue weighted by Gasteiger charge is 2.34. The van der Waals surface area contributed by atoms with Crippen LogP contribution in [0, 0.1) is 0 Å². The van der Waals surface area contributed by atoms with E-state index in [1.807, 2.05) is 51.0 Å². The third-order valence-electron chi connectivity index (χ3n) is 3.50. The van der Waals surface area contributed by atoms with Gasteiger partial charge in [-0.15, -0.1) is 0 Å². The molecule has 0 amide bonds. The Balaban J connectivity index is 3.10. The number of benzene rings is 1. The first kappa shape index (κ1) is 13.7. The third kappa shape index (κ3) is 2.67. The van der Waals surface area contributed by atoms with Crippen LogP contribution in [-0.2, 0) is 0 Å². The number of carbonyl (C=O) groups is 1. The maximum atomic E-state index is 12.5. The van der Waals surface area contributed by atoms with Crippen molar-refractivity contribution in [2.45, 2.75) is 25.8 Å². The van der Waals surface area contributed by atoms with Gasteiger partial charge in [0.1, 0.15) is 5.75 Å². The predicted octanol–water partition coefficient (Wildman–Crippen LogP) is 2.61. The van der Waals surface area contributed by atoms with Crippen LogP contribution in [0.2, 0.25) is 0 Å². The van der Waals surface area contributed by atoms with Gasteiger partial charge in [-0.25, -0.2) is 0 Å². The maximum Gasteiger partial charge on any atom is 0.182 e. The highest BCUT2D eigenvalue weighted by Crippen LogP contribution is 2.24. The van der Waals surface area contributed by atoms with Crippen LogP contribution in [0.5, 0.6) is 5.75 Å². The van der Waals surface area contributed by atoms with E-state index in [1.165, 1.54) is 0 Å². The number of hydrogen-bond acceptors (Lipinski definition) is 3. The number of hydrogen-bond donors (Lipinski definition) is 0. The lowest BCUT2D eigenvalue weighted by Crippen LogP contribution is -2.48. The number of methoxy groups -OCH3 is 1. The van der Waals surface area contributed by atoms with Crippen molar-refractivity contribution in [2.75, 3.05) is 21.2 Å². The summed E-state index contributed by atoms with van der Waals surface area (Å²) in [6.07, 6.45) is 0.774. The van der Waals surface area contributed by atoms with Crippen molar-refractivity contribution in [3.05, 3.63) is 29.8 Å². The molecule has 1 atom stereocenters. The van der Waals surface area contributed by atoms with E-state index in [2.05, 4.69) is 0 Å². The van der Waals surface area contributed by atoms with E-state index >= 15 is 0 Å². The molecule has 3 heteroatoms. The van der Waals surface area contributed by atoms with Crippen LogP contribution in [0.3, 0.4) is 0 Å². The lowest BCUT2D eigenvalue weighted by atomic mass is 9.87. The Morgan fingerprint density at radius 3 is 2.53 bits per heavy atom. The van der Waals surface area contributed by atoms with Gasteiger partial charge in [0.05, 0.1) is 12.6 Å². The minimum atomic E-state index is -0.466. The van der Waals surface area contributed by atoms with E-state index in [4.69, 9.17) is 4.74 Å². The predicted molar refractivity (Wildman–Crippen MR) is 69.7 cm³/mol. The number of Topliss-reactive ketones (excluding diaryl/α,β-unsaturated/α-hetero) is 1. The molecule has 0 saturated carbocycles. The molecule has 1 rings (SSSR count). The number of ether oxygens (including phenoxy) is 1. The van der Waals surface area contributed by atoms with Crippen LogP contribution >= 0.6 is 0 Å². The fraction of sp³-hybridized carbons (Fsp3) is 0.500. The molecule has 1 aromatic carbocycles. The van der Waals surface area contributed by atoms with Crippen LogP contribution < -0.4 is 4.74 Å².